The summed E-state index contributed by atoms with van der Waals surface area (Å²) in [5.41, 5.74) is 2.50. The van der Waals surface area contributed by atoms with Crippen LogP contribution in [0.3, 0.4) is 0 Å². The third kappa shape index (κ3) is 5.62. The average molecular weight is 449 g/mol. The van der Waals surface area contributed by atoms with E-state index >= 15 is 0 Å². The van der Waals surface area contributed by atoms with Crippen molar-refractivity contribution in [3.63, 3.8) is 0 Å². The minimum Gasteiger partial charge on any atom is -0.497 e. The first-order valence-corrected chi connectivity index (χ1v) is 11.2. The highest BCUT2D eigenvalue weighted by atomic mass is 32.2. The quantitative estimate of drug-likeness (QED) is 0.334. The van der Waals surface area contributed by atoms with Crippen LogP contribution in [0, 0.1) is 0 Å². The molecule has 0 aliphatic rings. The van der Waals surface area contributed by atoms with E-state index in [-0.39, 0.29) is 5.91 Å². The topological polar surface area (TPSA) is 76.1 Å². The molecule has 4 aromatic rings. The Morgan fingerprint density at radius 3 is 2.39 bits per heavy atom. The second-order valence-electron chi connectivity index (χ2n) is 6.49. The van der Waals surface area contributed by atoms with Crippen LogP contribution in [0.4, 0.5) is 16.5 Å². The Labute approximate surface area is 188 Å². The molecule has 0 fully saturated rings. The second kappa shape index (κ2) is 10.1. The van der Waals surface area contributed by atoms with E-state index in [0.29, 0.717) is 20.9 Å². The molecule has 0 saturated heterocycles. The van der Waals surface area contributed by atoms with E-state index in [4.69, 9.17) is 4.74 Å². The number of thioether (sulfide) groups is 1. The van der Waals surface area contributed by atoms with Crippen molar-refractivity contribution < 1.29 is 9.53 Å². The highest BCUT2D eigenvalue weighted by Crippen LogP contribution is 2.39. The predicted octanol–water partition coefficient (Wildman–Crippen LogP) is 5.76. The first-order valence-electron chi connectivity index (χ1n) is 9.53. The Bertz CT molecular complexity index is 1140. The molecule has 4 rings (SSSR count). The molecule has 0 saturated carbocycles. The number of amides is 1. The van der Waals surface area contributed by atoms with Crippen molar-refractivity contribution in [3.8, 4) is 5.75 Å². The van der Waals surface area contributed by atoms with E-state index in [1.807, 2.05) is 78.9 Å². The highest BCUT2D eigenvalue weighted by Gasteiger charge is 2.24. The molecule has 8 heteroatoms. The summed E-state index contributed by atoms with van der Waals surface area (Å²) in [5.74, 6) is 0.541. The minimum absolute atomic E-state index is 0.141. The Hall–Kier alpha value is -3.36. The molecule has 31 heavy (non-hydrogen) atoms. The minimum atomic E-state index is -0.482. The molecule has 3 aromatic carbocycles. The van der Waals surface area contributed by atoms with Gasteiger partial charge in [0.15, 0.2) is 4.34 Å². The number of aromatic nitrogens is 2. The predicted molar refractivity (Wildman–Crippen MR) is 126 cm³/mol. The van der Waals surface area contributed by atoms with Crippen LogP contribution in [-0.2, 0) is 4.79 Å². The molecule has 0 radical (unpaired) electrons. The van der Waals surface area contributed by atoms with Crippen LogP contribution in [-0.4, -0.2) is 23.2 Å². The monoisotopic (exact) mass is 448 g/mol. The number of rotatable bonds is 8. The van der Waals surface area contributed by atoms with Crippen LogP contribution in [0.5, 0.6) is 5.75 Å². The summed E-state index contributed by atoms with van der Waals surface area (Å²) < 4.78 is 5.95. The van der Waals surface area contributed by atoms with Gasteiger partial charge in [-0.3, -0.25) is 4.79 Å². The summed E-state index contributed by atoms with van der Waals surface area (Å²) in [6.07, 6.45) is 0. The number of carbonyl (C=O) groups is 1. The van der Waals surface area contributed by atoms with E-state index < -0.39 is 5.25 Å². The van der Waals surface area contributed by atoms with Crippen LogP contribution >= 0.6 is 23.1 Å². The van der Waals surface area contributed by atoms with Gasteiger partial charge in [-0.25, -0.2) is 0 Å². The molecule has 0 aliphatic heterocycles. The lowest BCUT2D eigenvalue weighted by atomic mass is 10.1. The highest BCUT2D eigenvalue weighted by molar-refractivity contribution is 8.02. The smallest absolute Gasteiger partial charge is 0.242 e. The Balaban J connectivity index is 1.52. The number of hydrogen-bond donors (Lipinski definition) is 2. The molecule has 156 valence electrons. The molecule has 1 aromatic heterocycles. The van der Waals surface area contributed by atoms with Crippen LogP contribution in [0.1, 0.15) is 10.8 Å². The van der Waals surface area contributed by atoms with Gasteiger partial charge in [0.2, 0.25) is 11.0 Å². The van der Waals surface area contributed by atoms with Crippen molar-refractivity contribution in [1.29, 1.82) is 0 Å². The Morgan fingerprint density at radius 1 is 0.935 bits per heavy atom. The van der Waals surface area contributed by atoms with Gasteiger partial charge in [0.25, 0.3) is 0 Å². The maximum Gasteiger partial charge on any atom is 0.242 e. The lowest BCUT2D eigenvalue weighted by molar-refractivity contribution is -0.115. The van der Waals surface area contributed by atoms with E-state index in [1.165, 1.54) is 23.1 Å². The van der Waals surface area contributed by atoms with Gasteiger partial charge in [0.05, 0.1) is 7.11 Å². The third-order valence-electron chi connectivity index (χ3n) is 4.33. The van der Waals surface area contributed by atoms with Crippen LogP contribution < -0.4 is 15.4 Å². The Morgan fingerprint density at radius 2 is 1.65 bits per heavy atom. The van der Waals surface area contributed by atoms with Crippen LogP contribution in [0.25, 0.3) is 0 Å². The van der Waals surface area contributed by atoms with Crippen LogP contribution in [0.15, 0.2) is 89.3 Å². The molecule has 1 atom stereocenters. The van der Waals surface area contributed by atoms with Gasteiger partial charge in [-0.05, 0) is 29.8 Å². The number of nitrogens with one attached hydrogen (secondary N) is 2. The largest absolute Gasteiger partial charge is 0.497 e. The van der Waals surface area contributed by atoms with Crippen molar-refractivity contribution in [1.82, 2.24) is 10.2 Å². The zero-order valence-electron chi connectivity index (χ0n) is 16.7. The van der Waals surface area contributed by atoms with Gasteiger partial charge >= 0.3 is 0 Å². The lowest BCUT2D eigenvalue weighted by Gasteiger charge is -2.16. The number of para-hydroxylation sites is 1. The van der Waals surface area contributed by atoms with Crippen molar-refractivity contribution >= 4 is 45.5 Å². The second-order valence-corrected chi connectivity index (χ2v) is 8.82. The first kappa shape index (κ1) is 20.9. The number of benzene rings is 3. The van der Waals surface area contributed by atoms with Gasteiger partial charge in [-0.1, -0.05) is 77.7 Å². The number of anilines is 3. The van der Waals surface area contributed by atoms with Crippen molar-refractivity contribution in [3.05, 3.63) is 90.5 Å². The zero-order chi connectivity index (χ0) is 21.5. The number of methoxy groups -OCH3 is 1. The number of carbonyl (C=O) groups excluding carboxylic acids is 1. The molecule has 2 N–H and O–H groups in total. The average Bonchev–Trinajstić information content (AvgIpc) is 3.25. The van der Waals surface area contributed by atoms with E-state index in [2.05, 4.69) is 20.8 Å². The van der Waals surface area contributed by atoms with Gasteiger partial charge < -0.3 is 15.4 Å². The molecule has 6 nitrogen and oxygen atoms in total. The summed E-state index contributed by atoms with van der Waals surface area (Å²) >= 11 is 2.78. The van der Waals surface area contributed by atoms with Crippen molar-refractivity contribution in [2.24, 2.45) is 0 Å². The first-order chi connectivity index (χ1) is 15.2. The third-order valence-corrected chi connectivity index (χ3v) is 6.51. The van der Waals surface area contributed by atoms with E-state index in [0.717, 1.165) is 11.3 Å². The summed E-state index contributed by atoms with van der Waals surface area (Å²) in [6.45, 7) is 0. The normalized spacial score (nSPS) is 11.5. The summed E-state index contributed by atoms with van der Waals surface area (Å²) in [5, 5.41) is 14.9. The Kier molecular flexibility index (Phi) is 6.81. The molecule has 1 unspecified atom stereocenters. The molecule has 1 heterocycles. The summed E-state index contributed by atoms with van der Waals surface area (Å²) in [4.78, 5) is 13.2. The van der Waals surface area contributed by atoms with Gasteiger partial charge in [0, 0.05) is 17.4 Å². The van der Waals surface area contributed by atoms with Crippen molar-refractivity contribution in [2.45, 2.75) is 9.59 Å². The molecule has 1 amide bonds. The van der Waals surface area contributed by atoms with Gasteiger partial charge in [-0.2, -0.15) is 0 Å². The fraction of sp³-hybridized carbons (Fsp3) is 0.0870. The van der Waals surface area contributed by atoms with E-state index in [1.54, 1.807) is 13.2 Å². The molecule has 0 bridgehead atoms. The molecular formula is C23H20N4O2S2. The maximum absolute atomic E-state index is 13.2. The number of nitrogens with zero attached hydrogens (tertiary/aromatic N) is 2. The van der Waals surface area contributed by atoms with E-state index in [9.17, 15) is 4.79 Å². The number of hydrogen-bond acceptors (Lipinski definition) is 7. The fourth-order valence-electron chi connectivity index (χ4n) is 2.86. The molecular weight excluding hydrogens is 428 g/mol. The molecule has 0 spiro atoms. The maximum atomic E-state index is 13.2. The number of ether oxygens (including phenoxy) is 1. The summed E-state index contributed by atoms with van der Waals surface area (Å²) in [6, 6.07) is 26.7. The van der Waals surface area contributed by atoms with Gasteiger partial charge in [-0.15, -0.1) is 10.2 Å². The van der Waals surface area contributed by atoms with Crippen LogP contribution in [0.2, 0.25) is 0 Å². The molecule has 0 aliphatic carbocycles. The van der Waals surface area contributed by atoms with Gasteiger partial charge in [0.1, 0.15) is 11.0 Å². The fourth-order valence-corrected chi connectivity index (χ4v) is 4.83. The summed E-state index contributed by atoms with van der Waals surface area (Å²) in [7, 11) is 1.60. The SMILES string of the molecule is COc1cccc(NC(=O)C(Sc2nnc(Nc3ccccc3)s2)c2ccccc2)c1. The lowest BCUT2D eigenvalue weighted by Crippen LogP contribution is -2.19. The standard InChI is InChI=1S/C23H20N4O2S2/c1-29-19-14-8-13-18(15-19)24-21(28)20(16-9-4-2-5-10-16)30-23-27-26-22(31-23)25-17-11-6-3-7-12-17/h2-15,20H,1H3,(H,24,28)(H,25,26). The zero-order valence-corrected chi connectivity index (χ0v) is 18.3. The van der Waals surface area contributed by atoms with Crippen molar-refractivity contribution in [2.75, 3.05) is 17.7 Å².